The lowest BCUT2D eigenvalue weighted by Gasteiger charge is -2.18. The smallest absolute Gasteiger partial charge is 0.240 e. The Morgan fingerprint density at radius 1 is 1.11 bits per heavy atom. The minimum absolute atomic E-state index is 0.0814. The third-order valence-corrected chi connectivity index (χ3v) is 5.63. The molecule has 0 saturated heterocycles. The molecule has 2 aromatic rings. The van der Waals surface area contributed by atoms with Gasteiger partial charge in [0.15, 0.2) is 0 Å². The second-order valence-corrected chi connectivity index (χ2v) is 7.75. The van der Waals surface area contributed by atoms with Crippen molar-refractivity contribution >= 4 is 10.0 Å². The number of hydrogen-bond donors (Lipinski definition) is 1. The van der Waals surface area contributed by atoms with Gasteiger partial charge in [-0.15, -0.1) is 0 Å². The zero-order valence-electron chi connectivity index (χ0n) is 15.7. The molecule has 144 valence electrons. The summed E-state index contributed by atoms with van der Waals surface area (Å²) in [6, 6.07) is 15.2. The Kier molecular flexibility index (Phi) is 7.80. The number of benzene rings is 2. The molecule has 0 bridgehead atoms. The highest BCUT2D eigenvalue weighted by molar-refractivity contribution is 7.89. The lowest BCUT2D eigenvalue weighted by Crippen LogP contribution is -2.27. The third-order valence-electron chi connectivity index (χ3n) is 4.23. The number of ether oxygens (including phenoxy) is 1. The highest BCUT2D eigenvalue weighted by Crippen LogP contribution is 2.14. The fraction of sp³-hybridized carbons (Fsp3) is 0.350. The molecule has 0 aliphatic heterocycles. The van der Waals surface area contributed by atoms with E-state index in [-0.39, 0.29) is 11.4 Å². The van der Waals surface area contributed by atoms with E-state index >= 15 is 0 Å². The Morgan fingerprint density at radius 3 is 2.44 bits per heavy atom. The molecule has 6 nitrogen and oxygen atoms in total. The summed E-state index contributed by atoms with van der Waals surface area (Å²) in [4.78, 5) is 2.36. The van der Waals surface area contributed by atoms with Crippen LogP contribution in [0.4, 0.5) is 0 Å². The number of rotatable bonds is 10. The highest BCUT2D eigenvalue weighted by Gasteiger charge is 2.14. The number of nitrogens with zero attached hydrogens (tertiary/aromatic N) is 2. The molecule has 0 radical (unpaired) electrons. The van der Waals surface area contributed by atoms with Crippen molar-refractivity contribution in [3.8, 4) is 11.8 Å². The van der Waals surface area contributed by atoms with E-state index in [9.17, 15) is 8.42 Å². The molecule has 0 atom stereocenters. The SMILES string of the molecule is CCN(CC)CCOc1ccc(CNS(=O)(=O)c2cccc(C#N)c2)cc1. The molecule has 0 heterocycles. The first-order valence-corrected chi connectivity index (χ1v) is 10.4. The molecule has 0 aliphatic rings. The molecule has 0 unspecified atom stereocenters. The average Bonchev–Trinajstić information content (AvgIpc) is 2.70. The van der Waals surface area contributed by atoms with Crippen LogP contribution in [0.1, 0.15) is 25.0 Å². The van der Waals surface area contributed by atoms with Crippen LogP contribution >= 0.6 is 0 Å². The molecule has 2 rings (SSSR count). The van der Waals surface area contributed by atoms with Gasteiger partial charge in [0, 0.05) is 13.1 Å². The first kappa shape index (κ1) is 20.9. The monoisotopic (exact) mass is 387 g/mol. The zero-order chi connectivity index (χ0) is 19.7. The molecule has 0 fully saturated rings. The Bertz CT molecular complexity index is 870. The van der Waals surface area contributed by atoms with E-state index in [0.717, 1.165) is 30.9 Å². The fourth-order valence-electron chi connectivity index (χ4n) is 2.53. The van der Waals surface area contributed by atoms with Gasteiger partial charge in [-0.3, -0.25) is 0 Å². The van der Waals surface area contributed by atoms with E-state index in [1.54, 1.807) is 12.1 Å². The Morgan fingerprint density at radius 2 is 1.81 bits per heavy atom. The molecule has 1 N–H and O–H groups in total. The predicted molar refractivity (Wildman–Crippen MR) is 105 cm³/mol. The molecular formula is C20H25N3O3S. The van der Waals surface area contributed by atoms with Gasteiger partial charge in [0.1, 0.15) is 12.4 Å². The van der Waals surface area contributed by atoms with Crippen LogP contribution in [-0.4, -0.2) is 39.6 Å². The molecular weight excluding hydrogens is 362 g/mol. The number of likely N-dealkylation sites (N-methyl/N-ethyl adjacent to an activating group) is 1. The lowest BCUT2D eigenvalue weighted by atomic mass is 10.2. The van der Waals surface area contributed by atoms with Crippen molar-refractivity contribution in [2.45, 2.75) is 25.3 Å². The molecule has 2 aromatic carbocycles. The maximum absolute atomic E-state index is 12.4. The number of nitriles is 1. The van der Waals surface area contributed by atoms with Crippen LogP contribution in [0.2, 0.25) is 0 Å². The van der Waals surface area contributed by atoms with Crippen LogP contribution in [0.5, 0.6) is 5.75 Å². The van der Waals surface area contributed by atoms with E-state index in [0.29, 0.717) is 12.2 Å². The van der Waals surface area contributed by atoms with Gasteiger partial charge in [0.2, 0.25) is 10.0 Å². The topological polar surface area (TPSA) is 82.4 Å². The second kappa shape index (κ2) is 10.1. The van der Waals surface area contributed by atoms with E-state index in [1.165, 1.54) is 12.1 Å². The number of sulfonamides is 1. The summed E-state index contributed by atoms with van der Waals surface area (Å²) in [5, 5.41) is 8.90. The third kappa shape index (κ3) is 6.36. The highest BCUT2D eigenvalue weighted by atomic mass is 32.2. The van der Waals surface area contributed by atoms with E-state index in [1.807, 2.05) is 30.3 Å². The van der Waals surface area contributed by atoms with E-state index in [4.69, 9.17) is 10.00 Å². The lowest BCUT2D eigenvalue weighted by molar-refractivity contribution is 0.223. The van der Waals surface area contributed by atoms with Crippen LogP contribution in [0.3, 0.4) is 0 Å². The molecule has 0 spiro atoms. The van der Waals surface area contributed by atoms with Gasteiger partial charge < -0.3 is 9.64 Å². The van der Waals surface area contributed by atoms with Gasteiger partial charge in [0.05, 0.1) is 16.5 Å². The molecule has 0 aliphatic carbocycles. The fourth-order valence-corrected chi connectivity index (χ4v) is 3.59. The van der Waals surface area contributed by atoms with Crippen LogP contribution in [0.25, 0.3) is 0 Å². The Hall–Kier alpha value is -2.40. The van der Waals surface area contributed by atoms with Gasteiger partial charge in [-0.25, -0.2) is 13.1 Å². The quantitative estimate of drug-likeness (QED) is 0.678. The molecule has 0 saturated carbocycles. The van der Waals surface area contributed by atoms with Gasteiger partial charge in [-0.1, -0.05) is 32.0 Å². The summed E-state index contributed by atoms with van der Waals surface area (Å²) in [5.41, 5.74) is 1.13. The Balaban J connectivity index is 1.90. The molecule has 27 heavy (non-hydrogen) atoms. The molecule has 7 heteroatoms. The summed E-state index contributed by atoms with van der Waals surface area (Å²) in [6.45, 7) is 7.89. The summed E-state index contributed by atoms with van der Waals surface area (Å²) >= 11 is 0. The van der Waals surface area contributed by atoms with Crippen molar-refractivity contribution in [1.29, 1.82) is 5.26 Å². The van der Waals surface area contributed by atoms with Crippen molar-refractivity contribution in [3.05, 3.63) is 59.7 Å². The maximum atomic E-state index is 12.4. The zero-order valence-corrected chi connectivity index (χ0v) is 16.5. The predicted octanol–water partition coefficient (Wildman–Crippen LogP) is 2.76. The van der Waals surface area contributed by atoms with E-state index in [2.05, 4.69) is 23.5 Å². The number of nitrogens with one attached hydrogen (secondary N) is 1. The van der Waals surface area contributed by atoms with Crippen molar-refractivity contribution < 1.29 is 13.2 Å². The largest absolute Gasteiger partial charge is 0.492 e. The van der Waals surface area contributed by atoms with E-state index < -0.39 is 10.0 Å². The van der Waals surface area contributed by atoms with Gasteiger partial charge >= 0.3 is 0 Å². The van der Waals surface area contributed by atoms with Crippen molar-refractivity contribution in [3.63, 3.8) is 0 Å². The minimum atomic E-state index is -3.67. The molecule has 0 amide bonds. The summed E-state index contributed by atoms with van der Waals surface area (Å²) in [5.74, 6) is 0.760. The van der Waals surface area contributed by atoms with Crippen LogP contribution in [-0.2, 0) is 16.6 Å². The first-order valence-electron chi connectivity index (χ1n) is 8.92. The van der Waals surface area contributed by atoms with Crippen LogP contribution in [0.15, 0.2) is 53.4 Å². The summed E-state index contributed by atoms with van der Waals surface area (Å²) in [6.07, 6.45) is 0. The Labute approximate surface area is 161 Å². The summed E-state index contributed by atoms with van der Waals surface area (Å²) < 4.78 is 33.0. The van der Waals surface area contributed by atoms with Crippen molar-refractivity contribution in [2.75, 3.05) is 26.2 Å². The van der Waals surface area contributed by atoms with Crippen LogP contribution < -0.4 is 9.46 Å². The second-order valence-electron chi connectivity index (χ2n) is 5.98. The van der Waals surface area contributed by atoms with Crippen LogP contribution in [0, 0.1) is 11.3 Å². The normalized spacial score (nSPS) is 11.3. The molecule has 0 aromatic heterocycles. The van der Waals surface area contributed by atoms with Gasteiger partial charge in [-0.05, 0) is 49.0 Å². The average molecular weight is 388 g/mol. The number of hydrogen-bond acceptors (Lipinski definition) is 5. The van der Waals surface area contributed by atoms with Gasteiger partial charge in [0.25, 0.3) is 0 Å². The summed E-state index contributed by atoms with van der Waals surface area (Å²) in [7, 11) is -3.67. The maximum Gasteiger partial charge on any atom is 0.240 e. The van der Waals surface area contributed by atoms with Crippen molar-refractivity contribution in [1.82, 2.24) is 9.62 Å². The first-order chi connectivity index (χ1) is 13.0. The minimum Gasteiger partial charge on any atom is -0.492 e. The van der Waals surface area contributed by atoms with Gasteiger partial charge in [-0.2, -0.15) is 5.26 Å². The standard InChI is InChI=1S/C20H25N3O3S/c1-3-23(4-2)12-13-26-19-10-8-17(9-11-19)16-22-27(24,25)20-7-5-6-18(14-20)15-21/h5-11,14,22H,3-4,12-13,16H2,1-2H3. The van der Waals surface area contributed by atoms with Crippen molar-refractivity contribution in [2.24, 2.45) is 0 Å².